The summed E-state index contributed by atoms with van der Waals surface area (Å²) in [6.07, 6.45) is 0. The van der Waals surface area contributed by atoms with Gasteiger partial charge in [0.1, 0.15) is 18.0 Å². The van der Waals surface area contributed by atoms with Gasteiger partial charge in [0.15, 0.2) is 0 Å². The highest BCUT2D eigenvalue weighted by atomic mass is 35.5. The molecule has 0 fully saturated rings. The molecule has 0 heterocycles. The molecule has 1 aromatic rings. The Morgan fingerprint density at radius 1 is 1.17 bits per heavy atom. The molecule has 0 radical (unpaired) electrons. The average molecular weight is 181 g/mol. The first-order chi connectivity index (χ1) is 5.69. The van der Waals surface area contributed by atoms with Crippen molar-refractivity contribution in [3.8, 4) is 12.1 Å². The van der Waals surface area contributed by atoms with E-state index in [0.717, 1.165) is 12.1 Å². The number of benzene rings is 1. The molecule has 2 nitrogen and oxygen atoms in total. The van der Waals surface area contributed by atoms with Gasteiger partial charge in [-0.2, -0.15) is 10.5 Å². The molecule has 0 saturated carbocycles. The van der Waals surface area contributed by atoms with Crippen molar-refractivity contribution in [2.75, 3.05) is 0 Å². The third-order valence-electron chi connectivity index (χ3n) is 1.28. The van der Waals surface area contributed by atoms with Crippen LogP contribution in [0.15, 0.2) is 12.1 Å². The summed E-state index contributed by atoms with van der Waals surface area (Å²) in [5, 5.41) is 16.9. The van der Waals surface area contributed by atoms with Crippen molar-refractivity contribution in [1.29, 1.82) is 10.5 Å². The first kappa shape index (κ1) is 8.52. The van der Waals surface area contributed by atoms with Crippen LogP contribution in [0.2, 0.25) is 5.02 Å². The maximum atomic E-state index is 12.6. The molecule has 1 rings (SSSR count). The molecule has 0 aliphatic rings. The quantitative estimate of drug-likeness (QED) is 0.615. The van der Waals surface area contributed by atoms with Crippen molar-refractivity contribution >= 4 is 11.6 Å². The third kappa shape index (κ3) is 1.37. The maximum absolute atomic E-state index is 12.6. The van der Waals surface area contributed by atoms with Gasteiger partial charge in [0, 0.05) is 0 Å². The zero-order valence-electron chi connectivity index (χ0n) is 5.81. The predicted octanol–water partition coefficient (Wildman–Crippen LogP) is 2.22. The number of halogens is 2. The molecular formula is C8H2ClFN2. The highest BCUT2D eigenvalue weighted by Gasteiger charge is 2.07. The second-order valence-corrected chi connectivity index (χ2v) is 2.42. The molecule has 0 aliphatic heterocycles. The summed E-state index contributed by atoms with van der Waals surface area (Å²) in [6, 6.07) is 5.35. The van der Waals surface area contributed by atoms with Crippen molar-refractivity contribution in [1.82, 2.24) is 0 Å². The molecule has 0 bridgehead atoms. The van der Waals surface area contributed by atoms with Crippen molar-refractivity contribution in [2.45, 2.75) is 0 Å². The topological polar surface area (TPSA) is 47.6 Å². The Morgan fingerprint density at radius 2 is 1.58 bits per heavy atom. The largest absolute Gasteiger partial charge is 0.207 e. The minimum absolute atomic E-state index is 0.00130. The fraction of sp³-hybridized carbons (Fsp3) is 0. The maximum Gasteiger partial charge on any atom is 0.125 e. The van der Waals surface area contributed by atoms with Crippen LogP contribution in [0.25, 0.3) is 0 Å². The van der Waals surface area contributed by atoms with E-state index in [2.05, 4.69) is 0 Å². The normalized spacial score (nSPS) is 8.67. The molecule has 12 heavy (non-hydrogen) atoms. The zero-order valence-corrected chi connectivity index (χ0v) is 6.56. The van der Waals surface area contributed by atoms with E-state index in [4.69, 9.17) is 22.1 Å². The van der Waals surface area contributed by atoms with E-state index < -0.39 is 5.82 Å². The molecule has 58 valence electrons. The third-order valence-corrected chi connectivity index (χ3v) is 1.69. The van der Waals surface area contributed by atoms with Gasteiger partial charge in [0.05, 0.1) is 16.1 Å². The van der Waals surface area contributed by atoms with Crippen molar-refractivity contribution < 1.29 is 4.39 Å². The van der Waals surface area contributed by atoms with Crippen LogP contribution < -0.4 is 0 Å². The molecule has 4 heteroatoms. The lowest BCUT2D eigenvalue weighted by molar-refractivity contribution is 0.627. The zero-order chi connectivity index (χ0) is 9.14. The van der Waals surface area contributed by atoms with E-state index in [1.165, 1.54) is 0 Å². The average Bonchev–Trinajstić information content (AvgIpc) is 2.08. The molecular weight excluding hydrogens is 179 g/mol. The van der Waals surface area contributed by atoms with Gasteiger partial charge < -0.3 is 0 Å². The molecule has 0 atom stereocenters. The van der Waals surface area contributed by atoms with Crippen LogP contribution >= 0.6 is 11.6 Å². The Hall–Kier alpha value is -1.58. The smallest absolute Gasteiger partial charge is 0.125 e. The first-order valence-corrected chi connectivity index (χ1v) is 3.36. The number of rotatable bonds is 0. The van der Waals surface area contributed by atoms with Gasteiger partial charge in [0.2, 0.25) is 0 Å². The van der Waals surface area contributed by atoms with Crippen LogP contribution in [-0.2, 0) is 0 Å². The van der Waals surface area contributed by atoms with E-state index in [-0.39, 0.29) is 16.1 Å². The highest BCUT2D eigenvalue weighted by molar-refractivity contribution is 6.32. The Kier molecular flexibility index (Phi) is 2.28. The molecule has 0 N–H and O–H groups in total. The van der Waals surface area contributed by atoms with Crippen LogP contribution in [-0.4, -0.2) is 0 Å². The summed E-state index contributed by atoms with van der Waals surface area (Å²) < 4.78 is 12.6. The molecule has 0 amide bonds. The SMILES string of the molecule is N#Cc1cc(F)cc(C#N)c1Cl. The lowest BCUT2D eigenvalue weighted by atomic mass is 10.1. The number of nitrogens with zero attached hydrogens (tertiary/aromatic N) is 2. The first-order valence-electron chi connectivity index (χ1n) is 2.98. The minimum Gasteiger partial charge on any atom is -0.207 e. The van der Waals surface area contributed by atoms with Crippen LogP contribution in [0, 0.1) is 28.5 Å². The Balaban J connectivity index is 3.48. The van der Waals surface area contributed by atoms with E-state index in [9.17, 15) is 4.39 Å². The van der Waals surface area contributed by atoms with Gasteiger partial charge in [-0.1, -0.05) is 11.6 Å². The monoisotopic (exact) mass is 180 g/mol. The fourth-order valence-electron chi connectivity index (χ4n) is 0.752. The van der Waals surface area contributed by atoms with Gasteiger partial charge in [-0.3, -0.25) is 0 Å². The lowest BCUT2D eigenvalue weighted by Gasteiger charge is -1.96. The fourth-order valence-corrected chi connectivity index (χ4v) is 0.946. The number of nitriles is 2. The van der Waals surface area contributed by atoms with E-state index in [1.807, 2.05) is 0 Å². The Bertz CT molecular complexity index is 365. The summed E-state index contributed by atoms with van der Waals surface area (Å²) >= 11 is 5.57. The van der Waals surface area contributed by atoms with Gasteiger partial charge in [-0.05, 0) is 12.1 Å². The summed E-state index contributed by atoms with van der Waals surface area (Å²) in [5.41, 5.74) is -0.0403. The second kappa shape index (κ2) is 3.21. The molecule has 0 saturated heterocycles. The molecule has 0 aromatic heterocycles. The van der Waals surface area contributed by atoms with Crippen LogP contribution in [0.1, 0.15) is 11.1 Å². The summed E-state index contributed by atoms with van der Waals surface area (Å²) in [6.45, 7) is 0. The van der Waals surface area contributed by atoms with Crippen molar-refractivity contribution in [2.24, 2.45) is 0 Å². The van der Waals surface area contributed by atoms with Crippen molar-refractivity contribution in [3.05, 3.63) is 34.1 Å². The standard InChI is InChI=1S/C8H2ClFN2/c9-8-5(3-11)1-7(10)2-6(8)4-12/h1-2H. The van der Waals surface area contributed by atoms with E-state index in [1.54, 1.807) is 12.1 Å². The Labute approximate surface area is 73.4 Å². The summed E-state index contributed by atoms with van der Waals surface area (Å²) in [7, 11) is 0. The number of hydrogen-bond acceptors (Lipinski definition) is 2. The van der Waals surface area contributed by atoms with Gasteiger partial charge in [0.25, 0.3) is 0 Å². The van der Waals surface area contributed by atoms with E-state index >= 15 is 0 Å². The van der Waals surface area contributed by atoms with Crippen LogP contribution in [0.3, 0.4) is 0 Å². The number of hydrogen-bond donors (Lipinski definition) is 0. The van der Waals surface area contributed by atoms with Gasteiger partial charge >= 0.3 is 0 Å². The predicted molar refractivity (Wildman–Crippen MR) is 40.8 cm³/mol. The molecule has 0 unspecified atom stereocenters. The molecule has 0 spiro atoms. The van der Waals surface area contributed by atoms with Gasteiger partial charge in [-0.25, -0.2) is 4.39 Å². The molecule has 1 aromatic carbocycles. The Morgan fingerprint density at radius 3 is 1.92 bits per heavy atom. The van der Waals surface area contributed by atoms with E-state index in [0.29, 0.717) is 0 Å². The van der Waals surface area contributed by atoms with Crippen LogP contribution in [0.4, 0.5) is 4.39 Å². The minimum atomic E-state index is -0.632. The second-order valence-electron chi connectivity index (χ2n) is 2.04. The van der Waals surface area contributed by atoms with Crippen molar-refractivity contribution in [3.63, 3.8) is 0 Å². The lowest BCUT2D eigenvalue weighted by Crippen LogP contribution is -1.86. The summed E-state index contributed by atoms with van der Waals surface area (Å²) in [5.74, 6) is -0.632. The van der Waals surface area contributed by atoms with Crippen LogP contribution in [0.5, 0.6) is 0 Å². The summed E-state index contributed by atoms with van der Waals surface area (Å²) in [4.78, 5) is 0. The molecule has 0 aliphatic carbocycles. The highest BCUT2D eigenvalue weighted by Crippen LogP contribution is 2.21. The van der Waals surface area contributed by atoms with Gasteiger partial charge in [-0.15, -0.1) is 0 Å².